The Morgan fingerprint density at radius 2 is 1.76 bits per heavy atom. The van der Waals surface area contributed by atoms with E-state index in [0.29, 0.717) is 20.7 Å². The first-order valence-corrected chi connectivity index (χ1v) is 14.3. The van der Waals surface area contributed by atoms with Crippen LogP contribution >= 0.6 is 0 Å². The number of nitrogens with one attached hydrogen (secondary N) is 1. The number of fused-ring (bicyclic) bond motifs is 1. The number of hydrogen-bond donors (Lipinski definition) is 1. The minimum Gasteiger partial charge on any atom is -0.360 e. The average Bonchev–Trinajstić information content (AvgIpc) is 2.78. The first-order chi connectivity index (χ1) is 16.0. The van der Waals surface area contributed by atoms with Crippen LogP contribution in [0.15, 0.2) is 67.3 Å². The smallest absolute Gasteiger partial charge is 0.245 e. The van der Waals surface area contributed by atoms with Gasteiger partial charge in [-0.2, -0.15) is 3.71 Å². The molecule has 11 heteroatoms. The van der Waals surface area contributed by atoms with Crippen LogP contribution in [0.25, 0.3) is 22.0 Å². The number of benzene rings is 1. The number of aromatic nitrogens is 3. The zero-order valence-electron chi connectivity index (χ0n) is 19.0. The fraction of sp³-hybridized carbons (Fsp3) is 0.261. The molecule has 1 aliphatic carbocycles. The lowest BCUT2D eigenvalue weighted by atomic mass is 9.88. The van der Waals surface area contributed by atoms with Gasteiger partial charge < -0.3 is 5.32 Å². The molecular weight excluding hydrogens is 474 g/mol. The van der Waals surface area contributed by atoms with Crippen molar-refractivity contribution in [3.63, 3.8) is 0 Å². The topological polar surface area (TPSA) is 122 Å². The average molecular weight is 500 g/mol. The van der Waals surface area contributed by atoms with Crippen LogP contribution in [0.4, 0.5) is 11.5 Å². The summed E-state index contributed by atoms with van der Waals surface area (Å²) < 4.78 is 49.1. The lowest BCUT2D eigenvalue weighted by Gasteiger charge is -2.32. The predicted octanol–water partition coefficient (Wildman–Crippen LogP) is 3.49. The summed E-state index contributed by atoms with van der Waals surface area (Å²) in [6, 6.07) is 7.03. The monoisotopic (exact) mass is 499 g/mol. The van der Waals surface area contributed by atoms with Crippen molar-refractivity contribution < 1.29 is 16.8 Å². The summed E-state index contributed by atoms with van der Waals surface area (Å²) in [5.41, 5.74) is 1.68. The van der Waals surface area contributed by atoms with E-state index < -0.39 is 20.0 Å². The molecule has 1 aromatic carbocycles. The van der Waals surface area contributed by atoms with Gasteiger partial charge in [0.05, 0.1) is 35.5 Å². The molecule has 2 heterocycles. The van der Waals surface area contributed by atoms with E-state index in [0.717, 1.165) is 36.3 Å². The van der Waals surface area contributed by atoms with Gasteiger partial charge in [0.2, 0.25) is 20.0 Å². The number of allylic oxidation sites excluding steroid dienone is 2. The van der Waals surface area contributed by atoms with Gasteiger partial charge in [-0.3, -0.25) is 4.98 Å². The molecule has 178 valence electrons. The van der Waals surface area contributed by atoms with Gasteiger partial charge in [-0.25, -0.2) is 26.8 Å². The minimum absolute atomic E-state index is 0.0608. The SMILES string of the molecule is CCC1(Nc2ncnc3ccc(-c4cncc(N(S(C)(=O)=O)S(C)(=O)=O)c4)cc23)C=CC=CC1. The van der Waals surface area contributed by atoms with Crippen molar-refractivity contribution in [3.8, 4) is 11.1 Å². The summed E-state index contributed by atoms with van der Waals surface area (Å²) in [6.45, 7) is 2.11. The lowest BCUT2D eigenvalue weighted by molar-refractivity contribution is 0.555. The molecule has 0 bridgehead atoms. The Morgan fingerprint density at radius 1 is 1.00 bits per heavy atom. The molecule has 0 amide bonds. The fourth-order valence-corrected chi connectivity index (χ4v) is 6.93. The molecule has 1 N–H and O–H groups in total. The maximum Gasteiger partial charge on any atom is 0.245 e. The van der Waals surface area contributed by atoms with Crippen LogP contribution in [0.3, 0.4) is 0 Å². The van der Waals surface area contributed by atoms with E-state index in [1.165, 1.54) is 18.6 Å². The maximum atomic E-state index is 12.2. The molecule has 0 fully saturated rings. The Morgan fingerprint density at radius 3 is 2.41 bits per heavy atom. The number of pyridine rings is 1. The van der Waals surface area contributed by atoms with Crippen molar-refractivity contribution in [2.24, 2.45) is 0 Å². The highest BCUT2D eigenvalue weighted by Gasteiger charge is 2.28. The first kappa shape index (κ1) is 23.8. The standard InChI is InChI=1S/C23H25N5O4S2/c1-4-23(10-6-5-7-11-23)27-22-20-13-17(8-9-21(20)25-16-26-22)18-12-19(15-24-14-18)28(33(2,29)30)34(3,31)32/h5-10,12-16H,4,11H2,1-3H3,(H,25,26,27). The Labute approximate surface area is 199 Å². The second kappa shape index (κ2) is 8.80. The third-order valence-corrected chi connectivity index (χ3v) is 8.90. The summed E-state index contributed by atoms with van der Waals surface area (Å²) in [4.78, 5) is 12.9. The van der Waals surface area contributed by atoms with Crippen molar-refractivity contribution in [2.75, 3.05) is 21.5 Å². The van der Waals surface area contributed by atoms with Gasteiger partial charge in [0.25, 0.3) is 0 Å². The number of hydrogen-bond acceptors (Lipinski definition) is 8. The van der Waals surface area contributed by atoms with E-state index in [9.17, 15) is 16.8 Å². The Kier molecular flexibility index (Phi) is 6.17. The second-order valence-corrected chi connectivity index (χ2v) is 12.1. The summed E-state index contributed by atoms with van der Waals surface area (Å²) in [7, 11) is -8.16. The molecule has 34 heavy (non-hydrogen) atoms. The minimum atomic E-state index is -4.08. The molecule has 0 spiro atoms. The van der Waals surface area contributed by atoms with Gasteiger partial charge in [0.1, 0.15) is 12.1 Å². The van der Waals surface area contributed by atoms with Crippen LogP contribution in [0.5, 0.6) is 0 Å². The van der Waals surface area contributed by atoms with Crippen LogP contribution in [0.1, 0.15) is 19.8 Å². The summed E-state index contributed by atoms with van der Waals surface area (Å²) in [6.07, 6.45) is 15.9. The third-order valence-electron chi connectivity index (χ3n) is 5.65. The molecule has 9 nitrogen and oxygen atoms in total. The number of sulfonamides is 2. The van der Waals surface area contributed by atoms with Gasteiger partial charge in [-0.1, -0.05) is 37.3 Å². The van der Waals surface area contributed by atoms with Crippen LogP contribution in [0, 0.1) is 0 Å². The van der Waals surface area contributed by atoms with E-state index in [1.54, 1.807) is 6.20 Å². The highest BCUT2D eigenvalue weighted by Crippen LogP contribution is 2.33. The lowest BCUT2D eigenvalue weighted by Crippen LogP contribution is -2.36. The molecule has 2 aromatic heterocycles. The Balaban J connectivity index is 1.80. The van der Waals surface area contributed by atoms with Crippen molar-refractivity contribution in [2.45, 2.75) is 25.3 Å². The maximum absolute atomic E-state index is 12.2. The van der Waals surface area contributed by atoms with Crippen molar-refractivity contribution in [1.82, 2.24) is 15.0 Å². The zero-order valence-corrected chi connectivity index (χ0v) is 20.6. The van der Waals surface area contributed by atoms with Gasteiger partial charge in [0, 0.05) is 17.1 Å². The molecule has 1 atom stereocenters. The number of rotatable bonds is 7. The van der Waals surface area contributed by atoms with Crippen molar-refractivity contribution in [3.05, 3.63) is 67.3 Å². The highest BCUT2D eigenvalue weighted by atomic mass is 32.3. The highest BCUT2D eigenvalue weighted by molar-refractivity contribution is 8.09. The van der Waals surface area contributed by atoms with Gasteiger partial charge in [0.15, 0.2) is 0 Å². The summed E-state index contributed by atoms with van der Waals surface area (Å²) in [5.74, 6) is 0.673. The van der Waals surface area contributed by atoms with Gasteiger partial charge in [-0.15, -0.1) is 0 Å². The summed E-state index contributed by atoms with van der Waals surface area (Å²) in [5, 5.41) is 4.35. The van der Waals surface area contributed by atoms with E-state index in [-0.39, 0.29) is 11.2 Å². The second-order valence-electron chi connectivity index (χ2n) is 8.24. The van der Waals surface area contributed by atoms with Crippen LogP contribution < -0.4 is 9.03 Å². The molecule has 0 radical (unpaired) electrons. The van der Waals surface area contributed by atoms with E-state index in [2.05, 4.69) is 39.3 Å². The summed E-state index contributed by atoms with van der Waals surface area (Å²) >= 11 is 0. The Bertz CT molecular complexity index is 1490. The fourth-order valence-electron chi connectivity index (χ4n) is 3.99. The van der Waals surface area contributed by atoms with E-state index >= 15 is 0 Å². The molecule has 0 aliphatic heterocycles. The number of nitrogens with zero attached hydrogens (tertiary/aromatic N) is 4. The van der Waals surface area contributed by atoms with Crippen LogP contribution in [-0.4, -0.2) is 49.8 Å². The van der Waals surface area contributed by atoms with Gasteiger partial charge >= 0.3 is 0 Å². The quantitative estimate of drug-likeness (QED) is 0.524. The van der Waals surface area contributed by atoms with Crippen molar-refractivity contribution in [1.29, 1.82) is 0 Å². The Hall–Kier alpha value is -3.31. The molecule has 1 aliphatic rings. The van der Waals surface area contributed by atoms with Gasteiger partial charge in [-0.05, 0) is 36.6 Å². The molecule has 3 aromatic rings. The zero-order chi connectivity index (χ0) is 24.6. The van der Waals surface area contributed by atoms with E-state index in [1.807, 2.05) is 30.4 Å². The predicted molar refractivity (Wildman–Crippen MR) is 134 cm³/mol. The largest absolute Gasteiger partial charge is 0.360 e. The normalized spacial score (nSPS) is 18.2. The molecule has 0 saturated heterocycles. The third kappa shape index (κ3) is 4.80. The first-order valence-electron chi connectivity index (χ1n) is 10.6. The van der Waals surface area contributed by atoms with Crippen LogP contribution in [0.2, 0.25) is 0 Å². The van der Waals surface area contributed by atoms with Crippen molar-refractivity contribution >= 4 is 42.5 Å². The molecule has 0 saturated carbocycles. The number of anilines is 2. The van der Waals surface area contributed by atoms with E-state index in [4.69, 9.17) is 0 Å². The molecule has 1 unspecified atom stereocenters. The molecule has 4 rings (SSSR count). The molecular formula is C23H25N5O4S2. The van der Waals surface area contributed by atoms with Crippen LogP contribution in [-0.2, 0) is 20.0 Å².